The summed E-state index contributed by atoms with van der Waals surface area (Å²) in [7, 11) is 0. The maximum atomic E-state index is 5.78. The van der Waals surface area contributed by atoms with E-state index >= 15 is 0 Å². The highest BCUT2D eigenvalue weighted by Crippen LogP contribution is 2.65. The van der Waals surface area contributed by atoms with Crippen LogP contribution in [0.15, 0.2) is 279 Å². The molecule has 1 aliphatic heterocycles. The van der Waals surface area contributed by atoms with Gasteiger partial charge >= 0.3 is 0 Å². The van der Waals surface area contributed by atoms with Gasteiger partial charge in [0.2, 0.25) is 0 Å². The average molecular weight is 969 g/mol. The third-order valence-electron chi connectivity index (χ3n) is 17.0. The largest absolute Gasteiger partial charge is 0.297 e. The first kappa shape index (κ1) is 42.8. The average Bonchev–Trinajstić information content (AvgIpc) is 4.40. The Morgan fingerprint density at radius 2 is 0.921 bits per heavy atom. The smallest absolute Gasteiger partial charge is 0.163 e. The number of anilines is 2. The van der Waals surface area contributed by atoms with E-state index in [1.165, 1.54) is 94.5 Å². The number of hydrogen-bond donors (Lipinski definition) is 0. The van der Waals surface area contributed by atoms with Crippen molar-refractivity contribution >= 4 is 33.3 Å². The Balaban J connectivity index is 1.04. The predicted molar refractivity (Wildman–Crippen MR) is 310 cm³/mol. The number of nitrogens with zero attached hydrogens (tertiary/aromatic N) is 4. The van der Waals surface area contributed by atoms with Crippen LogP contribution in [0, 0.1) is 0 Å². The minimum absolute atomic E-state index is 0.115. The zero-order valence-electron chi connectivity index (χ0n) is 41.6. The van der Waals surface area contributed by atoms with Crippen molar-refractivity contribution in [2.45, 2.75) is 23.2 Å². The summed E-state index contributed by atoms with van der Waals surface area (Å²) in [5.41, 5.74) is 20.5. The SMILES string of the molecule is C1=CCC2C(=C1)N(c1cc(-n3c4ccccc4c4ccc5c(c43)C(c3ccccc3)(c3ccccc3)c3ccccc3-5)nc(-c3ccccc3)n1)c1c2ccc2c1C(c1ccccc1)(c1ccccc1)c1ccccc1-2. The first-order valence-corrected chi connectivity index (χ1v) is 26.5. The van der Waals surface area contributed by atoms with E-state index in [0.717, 1.165) is 34.7 Å². The molecule has 12 aromatic rings. The van der Waals surface area contributed by atoms with Crippen molar-refractivity contribution in [2.75, 3.05) is 4.90 Å². The molecule has 4 aliphatic rings. The fraction of sp³-hybridized carbons (Fsp3) is 0.0556. The van der Waals surface area contributed by atoms with Gasteiger partial charge in [0.1, 0.15) is 11.6 Å². The number of benzene rings is 10. The number of fused-ring (bicyclic) bond motifs is 14. The molecule has 3 heterocycles. The van der Waals surface area contributed by atoms with Crippen LogP contribution in [0.25, 0.3) is 61.3 Å². The third kappa shape index (κ3) is 5.73. The molecule has 0 spiro atoms. The van der Waals surface area contributed by atoms with Crippen LogP contribution in [0.2, 0.25) is 0 Å². The minimum atomic E-state index is -0.660. The first-order chi connectivity index (χ1) is 37.7. The summed E-state index contributed by atoms with van der Waals surface area (Å²) < 4.78 is 2.47. The maximum Gasteiger partial charge on any atom is 0.163 e. The van der Waals surface area contributed by atoms with E-state index in [1.807, 2.05) is 0 Å². The second kappa shape index (κ2) is 16.4. The van der Waals surface area contributed by atoms with Crippen molar-refractivity contribution in [2.24, 2.45) is 0 Å². The van der Waals surface area contributed by atoms with Gasteiger partial charge in [0, 0.05) is 45.1 Å². The summed E-state index contributed by atoms with van der Waals surface area (Å²) in [5, 5.41) is 2.35. The van der Waals surface area contributed by atoms with E-state index in [-0.39, 0.29) is 5.92 Å². The molecule has 2 aromatic heterocycles. The van der Waals surface area contributed by atoms with E-state index in [0.29, 0.717) is 5.82 Å². The van der Waals surface area contributed by atoms with Crippen LogP contribution in [0.3, 0.4) is 0 Å². The van der Waals surface area contributed by atoms with Crippen LogP contribution in [0.4, 0.5) is 11.5 Å². The van der Waals surface area contributed by atoms with Crippen LogP contribution in [0.1, 0.15) is 62.4 Å². The van der Waals surface area contributed by atoms with Crippen LogP contribution in [-0.4, -0.2) is 14.5 Å². The minimum Gasteiger partial charge on any atom is -0.297 e. The Labute approximate surface area is 441 Å². The molecule has 4 heteroatoms. The van der Waals surface area contributed by atoms with Crippen LogP contribution in [0.5, 0.6) is 0 Å². The van der Waals surface area contributed by atoms with E-state index in [4.69, 9.17) is 9.97 Å². The second-order valence-corrected chi connectivity index (χ2v) is 20.6. The number of hydrogen-bond acceptors (Lipinski definition) is 3. The monoisotopic (exact) mass is 968 g/mol. The lowest BCUT2D eigenvalue weighted by molar-refractivity contribution is 0.767. The van der Waals surface area contributed by atoms with Gasteiger partial charge in [-0.1, -0.05) is 255 Å². The van der Waals surface area contributed by atoms with Gasteiger partial charge in [0.25, 0.3) is 0 Å². The Hall–Kier alpha value is -9.64. The summed E-state index contributed by atoms with van der Waals surface area (Å²) in [4.78, 5) is 14.1. The van der Waals surface area contributed by atoms with Gasteiger partial charge in [-0.2, -0.15) is 0 Å². The van der Waals surface area contributed by atoms with Crippen molar-refractivity contribution in [3.8, 4) is 39.5 Å². The van der Waals surface area contributed by atoms with Crippen molar-refractivity contribution in [3.05, 3.63) is 329 Å². The molecule has 1 unspecified atom stereocenters. The lowest BCUT2D eigenvalue weighted by atomic mass is 9.67. The summed E-state index contributed by atoms with van der Waals surface area (Å²) >= 11 is 0. The third-order valence-corrected chi connectivity index (χ3v) is 17.0. The fourth-order valence-electron chi connectivity index (χ4n) is 14.2. The molecule has 0 fully saturated rings. The van der Waals surface area contributed by atoms with Gasteiger partial charge in [-0.15, -0.1) is 0 Å². The quantitative estimate of drug-likeness (QED) is 0.160. The lowest BCUT2D eigenvalue weighted by Gasteiger charge is -2.36. The Kier molecular flexibility index (Phi) is 9.26. The molecule has 76 heavy (non-hydrogen) atoms. The lowest BCUT2D eigenvalue weighted by Crippen LogP contribution is -2.30. The topological polar surface area (TPSA) is 34.0 Å². The Morgan fingerprint density at radius 3 is 1.54 bits per heavy atom. The Morgan fingerprint density at radius 1 is 0.421 bits per heavy atom. The van der Waals surface area contributed by atoms with E-state index in [9.17, 15) is 0 Å². The van der Waals surface area contributed by atoms with E-state index in [1.54, 1.807) is 0 Å². The van der Waals surface area contributed by atoms with Gasteiger partial charge in [-0.05, 0) is 79.8 Å². The van der Waals surface area contributed by atoms with Crippen molar-refractivity contribution in [1.29, 1.82) is 0 Å². The highest BCUT2D eigenvalue weighted by molar-refractivity contribution is 6.14. The summed E-state index contributed by atoms with van der Waals surface area (Å²) in [5.74, 6) is 2.41. The second-order valence-electron chi connectivity index (χ2n) is 20.6. The van der Waals surface area contributed by atoms with Crippen molar-refractivity contribution in [1.82, 2.24) is 14.5 Å². The van der Waals surface area contributed by atoms with Crippen molar-refractivity contribution in [3.63, 3.8) is 0 Å². The Bertz CT molecular complexity index is 4290. The normalized spacial score (nSPS) is 15.9. The molecule has 0 bridgehead atoms. The van der Waals surface area contributed by atoms with E-state index < -0.39 is 10.8 Å². The summed E-state index contributed by atoms with van der Waals surface area (Å²) in [6.07, 6.45) is 7.78. The molecule has 0 saturated heterocycles. The van der Waals surface area contributed by atoms with Crippen molar-refractivity contribution < 1.29 is 0 Å². The molecular weight excluding hydrogens is 921 g/mol. The number of aromatic nitrogens is 3. The molecule has 10 aromatic carbocycles. The van der Waals surface area contributed by atoms with Crippen LogP contribution < -0.4 is 4.90 Å². The van der Waals surface area contributed by atoms with Gasteiger partial charge < -0.3 is 0 Å². The maximum absolute atomic E-state index is 5.78. The molecule has 0 N–H and O–H groups in total. The molecule has 0 radical (unpaired) electrons. The molecule has 1 atom stereocenters. The summed E-state index contributed by atoms with van der Waals surface area (Å²) in [6, 6.07) is 94.0. The molecule has 0 saturated carbocycles. The molecule has 0 amide bonds. The standard InChI is InChI=1S/C72H48N4/c1-6-24-47(25-7-1)70-73-64(75-62-40-22-18-36-54(62)58-44-42-56-52-34-16-20-38-60(52)71(66(56)68(58)75,48-26-8-2-9-27-48)49-28-10-3-11-29-49)46-65(74-70)76-63-41-23-19-37-55(63)59-45-43-57-53-35-17-21-39-61(53)72(67(57)69(59)76,50-30-12-4-13-31-50)51-32-14-5-15-33-51/h1-36,38-46,55H,37H2. The molecule has 4 nitrogen and oxygen atoms in total. The molecule has 356 valence electrons. The van der Waals surface area contributed by atoms with Crippen LogP contribution in [-0.2, 0) is 10.8 Å². The predicted octanol–water partition coefficient (Wildman–Crippen LogP) is 17.0. The van der Waals surface area contributed by atoms with Gasteiger partial charge in [0.05, 0.1) is 27.6 Å². The summed E-state index contributed by atoms with van der Waals surface area (Å²) in [6.45, 7) is 0. The van der Waals surface area contributed by atoms with Gasteiger partial charge in [0.15, 0.2) is 5.82 Å². The fourth-order valence-corrected chi connectivity index (χ4v) is 14.2. The molecule has 16 rings (SSSR count). The zero-order chi connectivity index (χ0) is 50.0. The highest BCUT2D eigenvalue weighted by Gasteiger charge is 2.52. The van der Waals surface area contributed by atoms with E-state index in [2.05, 4.69) is 282 Å². The molecule has 3 aliphatic carbocycles. The first-order valence-electron chi connectivity index (χ1n) is 26.5. The number of allylic oxidation sites excluding steroid dienone is 4. The van der Waals surface area contributed by atoms with Crippen LogP contribution >= 0.6 is 0 Å². The number of para-hydroxylation sites is 1. The van der Waals surface area contributed by atoms with Gasteiger partial charge in [-0.3, -0.25) is 9.47 Å². The molecular formula is C72H48N4. The highest BCUT2D eigenvalue weighted by atomic mass is 15.3. The number of rotatable bonds is 7. The zero-order valence-corrected chi connectivity index (χ0v) is 41.6. The van der Waals surface area contributed by atoms with Gasteiger partial charge in [-0.25, -0.2) is 9.97 Å².